The summed E-state index contributed by atoms with van der Waals surface area (Å²) in [5, 5.41) is 0. The molecule has 1 saturated heterocycles. The van der Waals surface area contributed by atoms with Crippen LogP contribution in [-0.4, -0.2) is 55.7 Å². The number of aliphatic imine (C=N–C) groups is 1. The molecule has 146 valence electrons. The van der Waals surface area contributed by atoms with Crippen LogP contribution in [0, 0.1) is 5.82 Å². The van der Waals surface area contributed by atoms with Gasteiger partial charge in [-0.05, 0) is 30.3 Å². The Morgan fingerprint density at radius 2 is 1.85 bits per heavy atom. The highest BCUT2D eigenvalue weighted by Crippen LogP contribution is 2.16. The van der Waals surface area contributed by atoms with Crippen molar-refractivity contribution < 1.29 is 9.13 Å². The van der Waals surface area contributed by atoms with Gasteiger partial charge in [0.2, 0.25) is 5.88 Å². The third-order valence-electron chi connectivity index (χ3n) is 4.43. The van der Waals surface area contributed by atoms with Gasteiger partial charge in [-0.2, -0.15) is 0 Å². The summed E-state index contributed by atoms with van der Waals surface area (Å²) >= 11 is 0. The number of benzene rings is 1. The lowest BCUT2D eigenvalue weighted by Crippen LogP contribution is -2.51. The molecule has 0 saturated carbocycles. The zero-order valence-electron chi connectivity index (χ0n) is 15.3. The molecule has 0 aliphatic carbocycles. The third-order valence-corrected chi connectivity index (χ3v) is 4.43. The van der Waals surface area contributed by atoms with Crippen molar-refractivity contribution in [2.24, 2.45) is 10.7 Å². The molecule has 2 N–H and O–H groups in total. The molecule has 1 aliphatic heterocycles. The van der Waals surface area contributed by atoms with Gasteiger partial charge in [-0.15, -0.1) is 24.0 Å². The van der Waals surface area contributed by atoms with Crippen molar-refractivity contribution in [3.8, 4) is 5.88 Å². The van der Waals surface area contributed by atoms with E-state index in [1.54, 1.807) is 7.11 Å². The molecular formula is C19H25FIN5O. The van der Waals surface area contributed by atoms with Gasteiger partial charge in [-0.3, -0.25) is 4.99 Å². The maximum Gasteiger partial charge on any atom is 0.213 e. The monoisotopic (exact) mass is 485 g/mol. The van der Waals surface area contributed by atoms with Gasteiger partial charge >= 0.3 is 0 Å². The summed E-state index contributed by atoms with van der Waals surface area (Å²) in [6, 6.07) is 12.3. The highest BCUT2D eigenvalue weighted by molar-refractivity contribution is 14.0. The third kappa shape index (κ3) is 5.95. The summed E-state index contributed by atoms with van der Waals surface area (Å²) < 4.78 is 18.2. The quantitative estimate of drug-likeness (QED) is 0.401. The number of guanidine groups is 1. The maximum absolute atomic E-state index is 13.0. The van der Waals surface area contributed by atoms with Crippen LogP contribution in [0.3, 0.4) is 0 Å². The van der Waals surface area contributed by atoms with Crippen molar-refractivity contribution in [1.82, 2.24) is 9.88 Å². The molecule has 0 unspecified atom stereocenters. The average molecular weight is 485 g/mol. The SMILES string of the molecule is COc1cccc(CCN=C(N)N2CCN(c3ccc(F)cc3)CC2)n1.I. The molecule has 0 atom stereocenters. The number of ether oxygens (including phenoxy) is 1. The number of hydrogen-bond donors (Lipinski definition) is 1. The minimum absolute atomic E-state index is 0. The highest BCUT2D eigenvalue weighted by atomic mass is 127. The van der Waals surface area contributed by atoms with Gasteiger partial charge in [0, 0.05) is 56.6 Å². The topological polar surface area (TPSA) is 67.0 Å². The summed E-state index contributed by atoms with van der Waals surface area (Å²) in [5.74, 6) is 0.956. The fourth-order valence-corrected chi connectivity index (χ4v) is 2.94. The molecule has 27 heavy (non-hydrogen) atoms. The number of hydrogen-bond acceptors (Lipinski definition) is 4. The normalized spacial score (nSPS) is 14.7. The molecule has 1 aromatic heterocycles. The molecule has 2 aromatic rings. The Balaban J connectivity index is 0.00000261. The molecule has 0 amide bonds. The van der Waals surface area contributed by atoms with Gasteiger partial charge < -0.3 is 20.3 Å². The number of pyridine rings is 1. The Morgan fingerprint density at radius 1 is 1.15 bits per heavy atom. The van der Waals surface area contributed by atoms with E-state index in [-0.39, 0.29) is 29.8 Å². The van der Waals surface area contributed by atoms with E-state index < -0.39 is 0 Å². The van der Waals surface area contributed by atoms with E-state index in [4.69, 9.17) is 10.5 Å². The van der Waals surface area contributed by atoms with E-state index >= 15 is 0 Å². The Kier molecular flexibility index (Phi) is 8.08. The van der Waals surface area contributed by atoms with Gasteiger partial charge in [0.05, 0.1) is 7.11 Å². The van der Waals surface area contributed by atoms with Crippen LogP contribution >= 0.6 is 24.0 Å². The van der Waals surface area contributed by atoms with Crippen LogP contribution in [0.1, 0.15) is 5.69 Å². The summed E-state index contributed by atoms with van der Waals surface area (Å²) in [5.41, 5.74) is 8.10. The van der Waals surface area contributed by atoms with Gasteiger partial charge in [-0.1, -0.05) is 6.07 Å². The summed E-state index contributed by atoms with van der Waals surface area (Å²) in [4.78, 5) is 13.2. The van der Waals surface area contributed by atoms with E-state index in [0.29, 0.717) is 24.8 Å². The molecular weight excluding hydrogens is 460 g/mol. The minimum Gasteiger partial charge on any atom is -0.481 e. The van der Waals surface area contributed by atoms with E-state index in [1.807, 2.05) is 30.3 Å². The summed E-state index contributed by atoms with van der Waals surface area (Å²) in [6.07, 6.45) is 0.716. The smallest absolute Gasteiger partial charge is 0.213 e. The maximum atomic E-state index is 13.0. The molecule has 8 heteroatoms. The predicted molar refractivity (Wildman–Crippen MR) is 117 cm³/mol. The zero-order chi connectivity index (χ0) is 18.4. The van der Waals surface area contributed by atoms with Gasteiger partial charge in [0.15, 0.2) is 5.96 Å². The van der Waals surface area contributed by atoms with Gasteiger partial charge in [0.25, 0.3) is 0 Å². The first-order valence-corrected chi connectivity index (χ1v) is 8.71. The Hall–Kier alpha value is -2.10. The van der Waals surface area contributed by atoms with Crippen LogP contribution in [0.25, 0.3) is 0 Å². The molecule has 2 heterocycles. The van der Waals surface area contributed by atoms with E-state index in [0.717, 1.165) is 37.6 Å². The van der Waals surface area contributed by atoms with Crippen LogP contribution in [0.4, 0.5) is 10.1 Å². The summed E-state index contributed by atoms with van der Waals surface area (Å²) in [7, 11) is 1.60. The first kappa shape index (κ1) is 21.2. The lowest BCUT2D eigenvalue weighted by Gasteiger charge is -2.36. The van der Waals surface area contributed by atoms with Crippen LogP contribution in [0.15, 0.2) is 47.5 Å². The van der Waals surface area contributed by atoms with E-state index in [2.05, 4.69) is 19.8 Å². The van der Waals surface area contributed by atoms with Crippen LogP contribution in [0.5, 0.6) is 5.88 Å². The molecule has 0 bridgehead atoms. The number of aromatic nitrogens is 1. The van der Waals surface area contributed by atoms with Crippen molar-refractivity contribution in [3.63, 3.8) is 0 Å². The molecule has 1 aliphatic rings. The second-order valence-electron chi connectivity index (χ2n) is 6.11. The predicted octanol–water partition coefficient (Wildman–Crippen LogP) is 2.53. The Morgan fingerprint density at radius 3 is 2.52 bits per heavy atom. The number of methoxy groups -OCH3 is 1. The van der Waals surface area contributed by atoms with Crippen molar-refractivity contribution in [2.45, 2.75) is 6.42 Å². The molecule has 1 fully saturated rings. The van der Waals surface area contributed by atoms with E-state index in [1.165, 1.54) is 12.1 Å². The first-order chi connectivity index (χ1) is 12.7. The minimum atomic E-state index is -0.214. The average Bonchev–Trinajstić information content (AvgIpc) is 2.69. The molecule has 0 spiro atoms. The van der Waals surface area contributed by atoms with Crippen LogP contribution < -0.4 is 15.4 Å². The Bertz CT molecular complexity index is 748. The van der Waals surface area contributed by atoms with Crippen LogP contribution in [-0.2, 0) is 6.42 Å². The second kappa shape index (κ2) is 10.3. The number of piperazine rings is 1. The number of nitrogens with two attached hydrogens (primary N) is 1. The fraction of sp³-hybridized carbons (Fsp3) is 0.368. The fourth-order valence-electron chi connectivity index (χ4n) is 2.94. The standard InChI is InChI=1S/C19H24FN5O.HI/c1-26-18-4-2-3-16(23-18)9-10-22-19(21)25-13-11-24(12-14-25)17-7-5-15(20)6-8-17;/h2-8H,9-14H2,1H3,(H2,21,22);1H. The molecule has 6 nitrogen and oxygen atoms in total. The van der Waals surface area contributed by atoms with Crippen molar-refractivity contribution in [1.29, 1.82) is 0 Å². The van der Waals surface area contributed by atoms with E-state index in [9.17, 15) is 4.39 Å². The lowest BCUT2D eigenvalue weighted by molar-refractivity contribution is 0.380. The van der Waals surface area contributed by atoms with Gasteiger partial charge in [0.1, 0.15) is 5.82 Å². The number of halogens is 2. The molecule has 1 aromatic carbocycles. The van der Waals surface area contributed by atoms with Gasteiger partial charge in [-0.25, -0.2) is 9.37 Å². The van der Waals surface area contributed by atoms with Crippen molar-refractivity contribution in [3.05, 3.63) is 54.0 Å². The van der Waals surface area contributed by atoms with Crippen LogP contribution in [0.2, 0.25) is 0 Å². The number of nitrogens with zero attached hydrogens (tertiary/aromatic N) is 4. The lowest BCUT2D eigenvalue weighted by atomic mass is 10.2. The van der Waals surface area contributed by atoms with Crippen molar-refractivity contribution in [2.75, 3.05) is 44.7 Å². The molecule has 0 radical (unpaired) electrons. The largest absolute Gasteiger partial charge is 0.481 e. The zero-order valence-corrected chi connectivity index (χ0v) is 17.7. The summed E-state index contributed by atoms with van der Waals surface area (Å²) in [6.45, 7) is 3.84. The van der Waals surface area contributed by atoms with Crippen molar-refractivity contribution >= 4 is 35.6 Å². The highest BCUT2D eigenvalue weighted by Gasteiger charge is 2.18. The number of rotatable bonds is 5. The number of anilines is 1. The first-order valence-electron chi connectivity index (χ1n) is 8.71. The molecule has 3 rings (SSSR count). The Labute approximate surface area is 176 Å². The second-order valence-corrected chi connectivity index (χ2v) is 6.11.